The van der Waals surface area contributed by atoms with Gasteiger partial charge in [0.05, 0.1) is 22.4 Å². The first-order valence-electron chi connectivity index (χ1n) is 8.21. The van der Waals surface area contributed by atoms with Crippen LogP contribution in [0.5, 0.6) is 5.75 Å². The van der Waals surface area contributed by atoms with Crippen LogP contribution in [0, 0.1) is 10.1 Å². The van der Waals surface area contributed by atoms with Crippen molar-refractivity contribution in [3.8, 4) is 5.75 Å². The number of nitro benzene ring substituents is 1. The zero-order valence-electron chi connectivity index (χ0n) is 14.4. The average Bonchev–Trinajstić information content (AvgIpc) is 2.68. The minimum atomic E-state index is -0.477. The Balaban J connectivity index is 1.75. The molecular weight excluding hydrogens is 366 g/mol. The van der Waals surface area contributed by atoms with E-state index in [1.807, 2.05) is 6.07 Å². The van der Waals surface area contributed by atoms with Gasteiger partial charge in [-0.1, -0.05) is 42.1 Å². The molecule has 3 rings (SSSR count). The Hall–Kier alpha value is -3.13. The number of fused-ring (bicyclic) bond motifs is 1. The Kier molecular flexibility index (Phi) is 5.87. The van der Waals surface area contributed by atoms with Gasteiger partial charge in [-0.3, -0.25) is 19.5 Å². The zero-order valence-corrected chi connectivity index (χ0v) is 15.2. The number of hydrogen-bond acceptors (Lipinski definition) is 6. The Labute approximate surface area is 159 Å². The Morgan fingerprint density at radius 3 is 2.74 bits per heavy atom. The lowest BCUT2D eigenvalue weighted by Crippen LogP contribution is -2.23. The number of rotatable bonds is 8. The van der Waals surface area contributed by atoms with Gasteiger partial charge in [-0.05, 0) is 18.2 Å². The molecule has 0 fully saturated rings. The van der Waals surface area contributed by atoms with Crippen molar-refractivity contribution in [1.82, 2.24) is 9.55 Å². The van der Waals surface area contributed by atoms with E-state index in [1.54, 1.807) is 47.0 Å². The third-order valence-corrected chi connectivity index (χ3v) is 4.71. The first kappa shape index (κ1) is 18.7. The number of thioether (sulfide) groups is 1. The molecule has 2 aromatic carbocycles. The fraction of sp³-hybridized carbons (Fsp3) is 0.158. The van der Waals surface area contributed by atoms with Crippen LogP contribution in [0.25, 0.3) is 10.9 Å². The minimum absolute atomic E-state index is 0.0742. The van der Waals surface area contributed by atoms with Crippen molar-refractivity contribution in [2.45, 2.75) is 11.7 Å². The van der Waals surface area contributed by atoms with Gasteiger partial charge < -0.3 is 4.74 Å². The highest BCUT2D eigenvalue weighted by molar-refractivity contribution is 7.99. The summed E-state index contributed by atoms with van der Waals surface area (Å²) in [7, 11) is 0. The summed E-state index contributed by atoms with van der Waals surface area (Å²) < 4.78 is 7.10. The van der Waals surface area contributed by atoms with Gasteiger partial charge >= 0.3 is 5.69 Å². The van der Waals surface area contributed by atoms with Crippen LogP contribution in [-0.4, -0.2) is 26.8 Å². The third-order valence-electron chi connectivity index (χ3n) is 3.77. The van der Waals surface area contributed by atoms with Gasteiger partial charge in [0.15, 0.2) is 10.9 Å². The Morgan fingerprint density at radius 1 is 1.22 bits per heavy atom. The van der Waals surface area contributed by atoms with E-state index in [1.165, 1.54) is 17.8 Å². The maximum absolute atomic E-state index is 12.7. The van der Waals surface area contributed by atoms with E-state index >= 15 is 0 Å². The van der Waals surface area contributed by atoms with E-state index in [-0.39, 0.29) is 23.6 Å². The standard InChI is InChI=1S/C19H17N3O4S/c1-2-11-21-18(23)14-7-3-4-8-15(14)20-19(21)27-13-12-26-17-10-6-5-9-16(17)22(24)25/h2-10H,1,11-13H2. The molecule has 8 heteroatoms. The van der Waals surface area contributed by atoms with Crippen molar-refractivity contribution in [2.24, 2.45) is 0 Å². The molecule has 0 amide bonds. The SMILES string of the molecule is C=CCn1c(SCCOc2ccccc2[N+](=O)[O-])nc2ccccc2c1=O. The largest absolute Gasteiger partial charge is 0.486 e. The van der Waals surface area contributed by atoms with Crippen LogP contribution in [0.4, 0.5) is 5.69 Å². The smallest absolute Gasteiger partial charge is 0.310 e. The van der Waals surface area contributed by atoms with E-state index in [0.29, 0.717) is 28.4 Å². The summed E-state index contributed by atoms with van der Waals surface area (Å²) >= 11 is 1.36. The molecule has 0 aliphatic heterocycles. The number of benzene rings is 2. The lowest BCUT2D eigenvalue weighted by molar-refractivity contribution is -0.385. The monoisotopic (exact) mass is 383 g/mol. The van der Waals surface area contributed by atoms with E-state index < -0.39 is 4.92 Å². The summed E-state index contributed by atoms with van der Waals surface area (Å²) in [6, 6.07) is 13.4. The lowest BCUT2D eigenvalue weighted by Gasteiger charge is -2.11. The maximum Gasteiger partial charge on any atom is 0.310 e. The van der Waals surface area contributed by atoms with Gasteiger partial charge in [-0.2, -0.15) is 0 Å². The number of nitrogens with zero attached hydrogens (tertiary/aromatic N) is 3. The molecule has 0 aliphatic rings. The van der Waals surface area contributed by atoms with E-state index in [4.69, 9.17) is 4.74 Å². The minimum Gasteiger partial charge on any atom is -0.486 e. The molecular formula is C19H17N3O4S. The molecule has 0 bridgehead atoms. The third kappa shape index (κ3) is 4.17. The van der Waals surface area contributed by atoms with Crippen LogP contribution < -0.4 is 10.3 Å². The highest BCUT2D eigenvalue weighted by Gasteiger charge is 2.14. The van der Waals surface area contributed by atoms with Crippen LogP contribution in [0.2, 0.25) is 0 Å². The molecule has 0 unspecified atom stereocenters. The predicted octanol–water partition coefficient (Wildman–Crippen LogP) is 3.66. The molecule has 0 radical (unpaired) electrons. The Bertz CT molecular complexity index is 1050. The fourth-order valence-corrected chi connectivity index (χ4v) is 3.39. The molecule has 138 valence electrons. The zero-order chi connectivity index (χ0) is 19.2. The van der Waals surface area contributed by atoms with Crippen molar-refractivity contribution < 1.29 is 9.66 Å². The summed E-state index contributed by atoms with van der Waals surface area (Å²) in [5, 5.41) is 12.1. The molecule has 0 saturated carbocycles. The summed E-state index contributed by atoms with van der Waals surface area (Å²) in [6.07, 6.45) is 1.64. The number of aromatic nitrogens is 2. The number of nitro groups is 1. The number of para-hydroxylation sites is 3. The molecule has 7 nitrogen and oxygen atoms in total. The fourth-order valence-electron chi connectivity index (χ4n) is 2.56. The first-order chi connectivity index (χ1) is 13.1. The molecule has 0 atom stereocenters. The van der Waals surface area contributed by atoms with E-state index in [9.17, 15) is 14.9 Å². The molecule has 0 N–H and O–H groups in total. The predicted molar refractivity (Wildman–Crippen MR) is 106 cm³/mol. The second kappa shape index (κ2) is 8.50. The molecule has 1 aromatic heterocycles. The summed E-state index contributed by atoms with van der Waals surface area (Å²) in [6.45, 7) is 4.29. The van der Waals surface area contributed by atoms with Crippen molar-refractivity contribution in [3.63, 3.8) is 0 Å². The molecule has 0 saturated heterocycles. The van der Waals surface area contributed by atoms with Crippen molar-refractivity contribution >= 4 is 28.4 Å². The van der Waals surface area contributed by atoms with Crippen LogP contribution in [0.3, 0.4) is 0 Å². The van der Waals surface area contributed by atoms with Crippen LogP contribution >= 0.6 is 11.8 Å². The van der Waals surface area contributed by atoms with Gasteiger partial charge in [0.25, 0.3) is 5.56 Å². The summed E-state index contributed by atoms with van der Waals surface area (Å²) in [5.74, 6) is 0.701. The van der Waals surface area contributed by atoms with Crippen molar-refractivity contribution in [3.05, 3.63) is 81.7 Å². The highest BCUT2D eigenvalue weighted by Crippen LogP contribution is 2.26. The van der Waals surface area contributed by atoms with Gasteiger partial charge in [-0.15, -0.1) is 6.58 Å². The van der Waals surface area contributed by atoms with Gasteiger partial charge in [0, 0.05) is 18.4 Å². The molecule has 0 aliphatic carbocycles. The number of ether oxygens (including phenoxy) is 1. The first-order valence-corrected chi connectivity index (χ1v) is 9.20. The van der Waals surface area contributed by atoms with Gasteiger partial charge in [0.1, 0.15) is 0 Å². The maximum atomic E-state index is 12.7. The number of allylic oxidation sites excluding steroid dienone is 1. The second-order valence-electron chi connectivity index (χ2n) is 5.54. The lowest BCUT2D eigenvalue weighted by atomic mass is 10.2. The van der Waals surface area contributed by atoms with E-state index in [2.05, 4.69) is 11.6 Å². The van der Waals surface area contributed by atoms with Gasteiger partial charge in [-0.25, -0.2) is 4.98 Å². The Morgan fingerprint density at radius 2 is 1.96 bits per heavy atom. The topological polar surface area (TPSA) is 87.3 Å². The highest BCUT2D eigenvalue weighted by atomic mass is 32.2. The molecule has 1 heterocycles. The average molecular weight is 383 g/mol. The summed E-state index contributed by atoms with van der Waals surface area (Å²) in [4.78, 5) is 27.8. The molecule has 0 spiro atoms. The van der Waals surface area contributed by atoms with Gasteiger partial charge in [0.2, 0.25) is 0 Å². The normalized spacial score (nSPS) is 10.7. The van der Waals surface area contributed by atoms with E-state index in [0.717, 1.165) is 0 Å². The molecule has 3 aromatic rings. The van der Waals surface area contributed by atoms with Crippen molar-refractivity contribution in [1.29, 1.82) is 0 Å². The number of hydrogen-bond donors (Lipinski definition) is 0. The molecule has 27 heavy (non-hydrogen) atoms. The summed E-state index contributed by atoms with van der Waals surface area (Å²) in [5.41, 5.74) is 0.433. The van der Waals surface area contributed by atoms with Crippen molar-refractivity contribution in [2.75, 3.05) is 12.4 Å². The quantitative estimate of drug-likeness (QED) is 0.147. The van der Waals surface area contributed by atoms with Crippen LogP contribution in [0.1, 0.15) is 0 Å². The van der Waals surface area contributed by atoms with Crippen LogP contribution in [-0.2, 0) is 6.54 Å². The van der Waals surface area contributed by atoms with Crippen LogP contribution in [0.15, 0.2) is 71.1 Å². The second-order valence-corrected chi connectivity index (χ2v) is 6.60.